The molecule has 0 bridgehead atoms. The van der Waals surface area contributed by atoms with E-state index in [1.54, 1.807) is 6.20 Å². The molecule has 0 saturated carbocycles. The first-order valence-electron chi connectivity index (χ1n) is 4.11. The highest BCUT2D eigenvalue weighted by Gasteiger charge is 2.12. The van der Waals surface area contributed by atoms with Gasteiger partial charge in [-0.15, -0.1) is 0 Å². The van der Waals surface area contributed by atoms with Gasteiger partial charge in [-0.3, -0.25) is 4.79 Å². The Morgan fingerprint density at radius 1 is 1.75 bits per heavy atom. The van der Waals surface area contributed by atoms with Crippen LogP contribution in [0, 0.1) is 5.92 Å². The Bertz CT molecular complexity index is 243. The highest BCUT2D eigenvalue weighted by atomic mass is 16.1. The van der Waals surface area contributed by atoms with Crippen molar-refractivity contribution < 1.29 is 4.79 Å². The van der Waals surface area contributed by atoms with Gasteiger partial charge in [0.1, 0.15) is 5.78 Å². The molecule has 1 aromatic heterocycles. The number of Topliss-reactive ketones (excluding diaryl/α,β-unsaturated/α-hetero) is 1. The number of nitrogens with zero attached hydrogens (tertiary/aromatic N) is 2. The van der Waals surface area contributed by atoms with Crippen LogP contribution in [-0.2, 0) is 11.2 Å². The first-order chi connectivity index (χ1) is 5.74. The number of H-pyrrole nitrogens is 1. The van der Waals surface area contributed by atoms with E-state index in [4.69, 9.17) is 0 Å². The van der Waals surface area contributed by atoms with E-state index < -0.39 is 0 Å². The Labute approximate surface area is 71.4 Å². The van der Waals surface area contributed by atoms with Crippen LogP contribution in [0.5, 0.6) is 0 Å². The molecule has 4 heteroatoms. The summed E-state index contributed by atoms with van der Waals surface area (Å²) in [5.74, 6) is 0.332. The van der Waals surface area contributed by atoms with Crippen LogP contribution in [0.15, 0.2) is 6.20 Å². The van der Waals surface area contributed by atoms with Crippen molar-refractivity contribution in [3.63, 3.8) is 0 Å². The van der Waals surface area contributed by atoms with Gasteiger partial charge in [-0.25, -0.2) is 0 Å². The molecule has 1 rings (SSSR count). The number of carbonyl (C=O) groups excluding carboxylic acids is 1. The first-order valence-corrected chi connectivity index (χ1v) is 4.11. The lowest BCUT2D eigenvalue weighted by Gasteiger charge is -2.04. The zero-order valence-electron chi connectivity index (χ0n) is 7.37. The summed E-state index contributed by atoms with van der Waals surface area (Å²) >= 11 is 0. The molecule has 1 aromatic rings. The summed E-state index contributed by atoms with van der Waals surface area (Å²) in [6.07, 6.45) is 2.93. The average Bonchev–Trinajstić information content (AvgIpc) is 2.55. The monoisotopic (exact) mass is 167 g/mol. The molecule has 1 N–H and O–H groups in total. The van der Waals surface area contributed by atoms with E-state index in [1.807, 2.05) is 13.8 Å². The molecular formula is C8H13N3O. The molecule has 1 heterocycles. The van der Waals surface area contributed by atoms with Crippen molar-refractivity contribution in [3.05, 3.63) is 11.9 Å². The zero-order chi connectivity index (χ0) is 8.97. The van der Waals surface area contributed by atoms with Crippen molar-refractivity contribution in [1.82, 2.24) is 15.4 Å². The van der Waals surface area contributed by atoms with E-state index in [9.17, 15) is 4.79 Å². The SMILES string of the molecule is CCC(=O)C(C)Cc1cn[nH]n1. The molecular weight excluding hydrogens is 154 g/mol. The van der Waals surface area contributed by atoms with Crippen molar-refractivity contribution in [1.29, 1.82) is 0 Å². The molecule has 0 aliphatic heterocycles. The van der Waals surface area contributed by atoms with E-state index in [-0.39, 0.29) is 11.7 Å². The molecule has 0 radical (unpaired) electrons. The van der Waals surface area contributed by atoms with Crippen LogP contribution < -0.4 is 0 Å². The quantitative estimate of drug-likeness (QED) is 0.726. The van der Waals surface area contributed by atoms with Crippen molar-refractivity contribution in [3.8, 4) is 0 Å². The number of hydrogen-bond donors (Lipinski definition) is 1. The number of aromatic nitrogens is 3. The molecule has 1 atom stereocenters. The zero-order valence-corrected chi connectivity index (χ0v) is 7.37. The third kappa shape index (κ3) is 2.15. The predicted octanol–water partition coefficient (Wildman–Crippen LogP) is 0.962. The third-order valence-electron chi connectivity index (χ3n) is 1.88. The number of hydrogen-bond acceptors (Lipinski definition) is 3. The van der Waals surface area contributed by atoms with Crippen LogP contribution in [0.3, 0.4) is 0 Å². The summed E-state index contributed by atoms with van der Waals surface area (Å²) in [6.45, 7) is 3.79. The highest BCUT2D eigenvalue weighted by molar-refractivity contribution is 5.80. The van der Waals surface area contributed by atoms with Gasteiger partial charge < -0.3 is 0 Å². The molecule has 0 fully saturated rings. The van der Waals surface area contributed by atoms with Gasteiger partial charge in [0.05, 0.1) is 11.9 Å². The van der Waals surface area contributed by atoms with Crippen molar-refractivity contribution in [2.24, 2.45) is 5.92 Å². The van der Waals surface area contributed by atoms with Crippen LogP contribution >= 0.6 is 0 Å². The lowest BCUT2D eigenvalue weighted by molar-refractivity contribution is -0.122. The fraction of sp³-hybridized carbons (Fsp3) is 0.625. The average molecular weight is 167 g/mol. The molecule has 0 saturated heterocycles. The number of nitrogens with one attached hydrogen (secondary N) is 1. The van der Waals surface area contributed by atoms with E-state index >= 15 is 0 Å². The standard InChI is InChI=1S/C8H13N3O/c1-3-8(12)6(2)4-7-5-9-11-10-7/h5-6H,3-4H2,1-2H3,(H,9,10,11). The Morgan fingerprint density at radius 2 is 2.50 bits per heavy atom. The Balaban J connectivity index is 2.47. The van der Waals surface area contributed by atoms with Gasteiger partial charge in [0.2, 0.25) is 0 Å². The van der Waals surface area contributed by atoms with Crippen molar-refractivity contribution in [2.45, 2.75) is 26.7 Å². The van der Waals surface area contributed by atoms with Crippen LogP contribution in [0.1, 0.15) is 26.0 Å². The van der Waals surface area contributed by atoms with Gasteiger partial charge in [0.25, 0.3) is 0 Å². The second kappa shape index (κ2) is 3.99. The molecule has 12 heavy (non-hydrogen) atoms. The number of aromatic amines is 1. The van der Waals surface area contributed by atoms with Gasteiger partial charge >= 0.3 is 0 Å². The summed E-state index contributed by atoms with van der Waals surface area (Å²) in [4.78, 5) is 11.2. The molecule has 0 spiro atoms. The Kier molecular flexibility index (Phi) is 2.96. The molecule has 0 aromatic carbocycles. The Hall–Kier alpha value is -1.19. The third-order valence-corrected chi connectivity index (χ3v) is 1.88. The summed E-state index contributed by atoms with van der Waals surface area (Å²) < 4.78 is 0. The van der Waals surface area contributed by atoms with Gasteiger partial charge in [-0.05, 0) is 0 Å². The van der Waals surface area contributed by atoms with Crippen LogP contribution in [0.4, 0.5) is 0 Å². The van der Waals surface area contributed by atoms with Crippen LogP contribution in [0.25, 0.3) is 0 Å². The fourth-order valence-electron chi connectivity index (χ4n) is 1.10. The van der Waals surface area contributed by atoms with Crippen molar-refractivity contribution >= 4 is 5.78 Å². The molecule has 0 aliphatic carbocycles. The minimum Gasteiger partial charge on any atom is -0.299 e. The van der Waals surface area contributed by atoms with E-state index in [1.165, 1.54) is 0 Å². The van der Waals surface area contributed by atoms with E-state index in [0.717, 1.165) is 5.69 Å². The smallest absolute Gasteiger partial charge is 0.135 e. The van der Waals surface area contributed by atoms with E-state index in [0.29, 0.717) is 12.8 Å². The molecule has 1 unspecified atom stereocenters. The van der Waals surface area contributed by atoms with Gasteiger partial charge in [0, 0.05) is 18.8 Å². The molecule has 4 nitrogen and oxygen atoms in total. The fourth-order valence-corrected chi connectivity index (χ4v) is 1.10. The largest absolute Gasteiger partial charge is 0.299 e. The predicted molar refractivity (Wildman–Crippen MR) is 44.5 cm³/mol. The minimum atomic E-state index is 0.0556. The van der Waals surface area contributed by atoms with Gasteiger partial charge in [0.15, 0.2) is 0 Å². The number of rotatable bonds is 4. The van der Waals surface area contributed by atoms with Gasteiger partial charge in [-0.1, -0.05) is 13.8 Å². The lowest BCUT2D eigenvalue weighted by atomic mass is 9.99. The minimum absolute atomic E-state index is 0.0556. The summed E-state index contributed by atoms with van der Waals surface area (Å²) in [5, 5.41) is 10.1. The van der Waals surface area contributed by atoms with Crippen molar-refractivity contribution in [2.75, 3.05) is 0 Å². The normalized spacial score (nSPS) is 12.8. The van der Waals surface area contributed by atoms with E-state index in [2.05, 4.69) is 15.4 Å². The maximum absolute atomic E-state index is 11.2. The second-order valence-corrected chi connectivity index (χ2v) is 2.89. The Morgan fingerprint density at radius 3 is 3.00 bits per heavy atom. The summed E-state index contributed by atoms with van der Waals surface area (Å²) in [5.41, 5.74) is 0.851. The summed E-state index contributed by atoms with van der Waals surface area (Å²) in [6, 6.07) is 0. The van der Waals surface area contributed by atoms with Crippen LogP contribution in [0.2, 0.25) is 0 Å². The highest BCUT2D eigenvalue weighted by Crippen LogP contribution is 2.06. The number of ketones is 1. The maximum Gasteiger partial charge on any atom is 0.135 e. The molecule has 66 valence electrons. The lowest BCUT2D eigenvalue weighted by Crippen LogP contribution is -2.12. The van der Waals surface area contributed by atoms with Crippen LogP contribution in [-0.4, -0.2) is 21.2 Å². The molecule has 0 amide bonds. The van der Waals surface area contributed by atoms with Gasteiger partial charge in [-0.2, -0.15) is 15.4 Å². The molecule has 0 aliphatic rings. The topological polar surface area (TPSA) is 58.6 Å². The second-order valence-electron chi connectivity index (χ2n) is 2.89. The number of carbonyl (C=O) groups is 1. The summed E-state index contributed by atoms with van der Waals surface area (Å²) in [7, 11) is 0. The maximum atomic E-state index is 11.2. The first kappa shape index (κ1) is 8.90.